The van der Waals surface area contributed by atoms with Crippen molar-refractivity contribution >= 4 is 5.91 Å². The molecule has 1 aliphatic rings. The summed E-state index contributed by atoms with van der Waals surface area (Å²) >= 11 is 0. The molecule has 1 atom stereocenters. The van der Waals surface area contributed by atoms with Crippen LogP contribution in [0.3, 0.4) is 0 Å². The Bertz CT molecular complexity index is 560. The van der Waals surface area contributed by atoms with Crippen LogP contribution in [-0.4, -0.2) is 50.7 Å². The average Bonchev–Trinajstić information content (AvgIpc) is 2.64. The molecular formula is C20H32N2O3. The number of carbonyl (C=O) groups is 1. The maximum Gasteiger partial charge on any atom is 0.220 e. The largest absolute Gasteiger partial charge is 0.497 e. The smallest absolute Gasteiger partial charge is 0.220 e. The Hall–Kier alpha value is -1.75. The number of amides is 1. The van der Waals surface area contributed by atoms with Crippen LogP contribution in [0.4, 0.5) is 0 Å². The van der Waals surface area contributed by atoms with Crippen molar-refractivity contribution in [3.63, 3.8) is 0 Å². The summed E-state index contributed by atoms with van der Waals surface area (Å²) < 4.78 is 10.6. The van der Waals surface area contributed by atoms with Crippen LogP contribution in [-0.2, 0) is 11.2 Å². The van der Waals surface area contributed by atoms with Crippen LogP contribution >= 0.6 is 0 Å². The minimum atomic E-state index is 0.103. The van der Waals surface area contributed by atoms with Gasteiger partial charge in [-0.1, -0.05) is 0 Å². The quantitative estimate of drug-likeness (QED) is 0.785. The highest BCUT2D eigenvalue weighted by Crippen LogP contribution is 2.25. The third-order valence-electron chi connectivity index (χ3n) is 4.98. The van der Waals surface area contributed by atoms with Gasteiger partial charge in [-0.25, -0.2) is 0 Å². The van der Waals surface area contributed by atoms with Crippen LogP contribution < -0.4 is 14.8 Å². The van der Waals surface area contributed by atoms with Gasteiger partial charge in [-0.2, -0.15) is 0 Å². The number of carbonyl (C=O) groups excluding carboxylic acids is 1. The van der Waals surface area contributed by atoms with Gasteiger partial charge in [-0.3, -0.25) is 4.79 Å². The summed E-state index contributed by atoms with van der Waals surface area (Å²) in [5, 5.41) is 3.11. The van der Waals surface area contributed by atoms with Gasteiger partial charge in [0.1, 0.15) is 11.5 Å². The Kier molecular flexibility index (Phi) is 7.56. The lowest BCUT2D eigenvalue weighted by atomic mass is 9.97. The first-order valence-corrected chi connectivity index (χ1v) is 9.25. The Balaban J connectivity index is 1.79. The van der Waals surface area contributed by atoms with Gasteiger partial charge in [0, 0.05) is 25.6 Å². The number of ether oxygens (including phenoxy) is 2. The van der Waals surface area contributed by atoms with E-state index in [1.165, 1.54) is 19.4 Å². The third-order valence-corrected chi connectivity index (χ3v) is 4.98. The van der Waals surface area contributed by atoms with Crippen LogP contribution in [0.15, 0.2) is 18.2 Å². The Morgan fingerprint density at radius 3 is 2.80 bits per heavy atom. The number of rotatable bonds is 8. The van der Waals surface area contributed by atoms with Crippen LogP contribution in [0.1, 0.15) is 38.7 Å². The predicted molar refractivity (Wildman–Crippen MR) is 100 cm³/mol. The summed E-state index contributed by atoms with van der Waals surface area (Å²) in [5.41, 5.74) is 1.00. The summed E-state index contributed by atoms with van der Waals surface area (Å²) in [5.74, 6) is 2.25. The van der Waals surface area contributed by atoms with E-state index in [-0.39, 0.29) is 5.91 Å². The van der Waals surface area contributed by atoms with Gasteiger partial charge in [0.2, 0.25) is 5.91 Å². The number of hydrogen-bond acceptors (Lipinski definition) is 4. The molecule has 1 unspecified atom stereocenters. The molecule has 0 radical (unpaired) electrons. The molecule has 1 aromatic rings. The molecule has 1 N–H and O–H groups in total. The van der Waals surface area contributed by atoms with Gasteiger partial charge in [0.25, 0.3) is 0 Å². The van der Waals surface area contributed by atoms with E-state index < -0.39 is 0 Å². The van der Waals surface area contributed by atoms with Crippen LogP contribution in [0, 0.1) is 5.92 Å². The van der Waals surface area contributed by atoms with Crippen molar-refractivity contribution in [3.8, 4) is 11.5 Å². The number of hydrogen-bond donors (Lipinski definition) is 1. The topological polar surface area (TPSA) is 50.8 Å². The van der Waals surface area contributed by atoms with Crippen LogP contribution in [0.2, 0.25) is 0 Å². The van der Waals surface area contributed by atoms with Crippen LogP contribution in [0.25, 0.3) is 0 Å². The van der Waals surface area contributed by atoms with Gasteiger partial charge in [0.05, 0.1) is 14.2 Å². The minimum absolute atomic E-state index is 0.103. The average molecular weight is 348 g/mol. The number of nitrogens with zero attached hydrogens (tertiary/aromatic N) is 1. The lowest BCUT2D eigenvalue weighted by Gasteiger charge is -2.35. The maximum atomic E-state index is 12.2. The molecule has 0 spiro atoms. The zero-order valence-electron chi connectivity index (χ0n) is 16.0. The molecule has 1 saturated heterocycles. The summed E-state index contributed by atoms with van der Waals surface area (Å²) in [6.07, 6.45) is 3.53. The number of likely N-dealkylation sites (tertiary alicyclic amines) is 1. The highest BCUT2D eigenvalue weighted by atomic mass is 16.5. The van der Waals surface area contributed by atoms with E-state index in [9.17, 15) is 4.79 Å². The minimum Gasteiger partial charge on any atom is -0.497 e. The SMILES string of the molecule is COc1ccc(OC)c(CCC(=O)NCC2CCCN(C(C)C)C2)c1. The van der Waals surface area contributed by atoms with Gasteiger partial charge in [0.15, 0.2) is 0 Å². The molecule has 0 bridgehead atoms. The van der Waals surface area contributed by atoms with E-state index in [0.29, 0.717) is 24.8 Å². The van der Waals surface area contributed by atoms with E-state index in [2.05, 4.69) is 24.1 Å². The van der Waals surface area contributed by atoms with Gasteiger partial charge in [-0.15, -0.1) is 0 Å². The zero-order chi connectivity index (χ0) is 18.2. The number of piperidine rings is 1. The standard InChI is InChI=1S/C20H32N2O3/c1-15(2)22-11-5-6-16(14-22)13-21-20(23)10-7-17-12-18(24-3)8-9-19(17)25-4/h8-9,12,15-16H,5-7,10-11,13-14H2,1-4H3,(H,21,23). The zero-order valence-corrected chi connectivity index (χ0v) is 16.0. The highest BCUT2D eigenvalue weighted by Gasteiger charge is 2.21. The fourth-order valence-electron chi connectivity index (χ4n) is 3.40. The van der Waals surface area contributed by atoms with Crippen molar-refractivity contribution in [3.05, 3.63) is 23.8 Å². The van der Waals surface area contributed by atoms with Crippen molar-refractivity contribution in [2.24, 2.45) is 5.92 Å². The van der Waals surface area contributed by atoms with E-state index in [1.807, 2.05) is 18.2 Å². The Labute approximate surface area is 151 Å². The molecule has 0 saturated carbocycles. The molecule has 1 heterocycles. The number of nitrogens with one attached hydrogen (secondary N) is 1. The summed E-state index contributed by atoms with van der Waals surface area (Å²) in [6.45, 7) is 7.52. The first-order chi connectivity index (χ1) is 12.0. The molecule has 1 fully saturated rings. The summed E-state index contributed by atoms with van der Waals surface area (Å²) in [6, 6.07) is 6.27. The van der Waals surface area contributed by atoms with Crippen LogP contribution in [0.5, 0.6) is 11.5 Å². The summed E-state index contributed by atoms with van der Waals surface area (Å²) in [4.78, 5) is 14.7. The predicted octanol–water partition coefficient (Wildman–Crippen LogP) is 2.87. The number of aryl methyl sites for hydroxylation is 1. The second-order valence-electron chi connectivity index (χ2n) is 7.08. The lowest BCUT2D eigenvalue weighted by Crippen LogP contribution is -2.43. The monoisotopic (exact) mass is 348 g/mol. The van der Waals surface area contributed by atoms with E-state index >= 15 is 0 Å². The van der Waals surface area contributed by atoms with E-state index in [4.69, 9.17) is 9.47 Å². The molecule has 5 heteroatoms. The van der Waals surface area contributed by atoms with Gasteiger partial charge in [-0.05, 0) is 69.3 Å². The Morgan fingerprint density at radius 1 is 1.32 bits per heavy atom. The molecule has 0 aliphatic carbocycles. The molecule has 2 rings (SSSR count). The van der Waals surface area contributed by atoms with Gasteiger partial charge < -0.3 is 19.7 Å². The molecule has 1 aliphatic heterocycles. The molecule has 5 nitrogen and oxygen atoms in total. The van der Waals surface area contributed by atoms with E-state index in [0.717, 1.165) is 30.2 Å². The maximum absolute atomic E-state index is 12.2. The van der Waals surface area contributed by atoms with Crippen molar-refractivity contribution in [1.29, 1.82) is 0 Å². The van der Waals surface area contributed by atoms with Crippen molar-refractivity contribution in [2.75, 3.05) is 33.9 Å². The fourth-order valence-corrected chi connectivity index (χ4v) is 3.40. The molecule has 140 valence electrons. The first-order valence-electron chi connectivity index (χ1n) is 9.25. The fraction of sp³-hybridized carbons (Fsp3) is 0.650. The normalized spacial score (nSPS) is 18.2. The second-order valence-corrected chi connectivity index (χ2v) is 7.08. The number of benzene rings is 1. The van der Waals surface area contributed by atoms with Crippen molar-refractivity contribution in [2.45, 2.75) is 45.6 Å². The molecule has 0 aromatic heterocycles. The Morgan fingerprint density at radius 2 is 2.12 bits per heavy atom. The number of methoxy groups -OCH3 is 2. The first kappa shape index (κ1) is 19.6. The lowest BCUT2D eigenvalue weighted by molar-refractivity contribution is -0.121. The second kappa shape index (κ2) is 9.66. The van der Waals surface area contributed by atoms with Crippen molar-refractivity contribution < 1.29 is 14.3 Å². The molecular weight excluding hydrogens is 316 g/mol. The molecule has 1 amide bonds. The van der Waals surface area contributed by atoms with Gasteiger partial charge >= 0.3 is 0 Å². The van der Waals surface area contributed by atoms with Crippen molar-refractivity contribution in [1.82, 2.24) is 10.2 Å². The molecule has 1 aromatic carbocycles. The van der Waals surface area contributed by atoms with E-state index in [1.54, 1.807) is 14.2 Å². The summed E-state index contributed by atoms with van der Waals surface area (Å²) in [7, 11) is 3.29. The third kappa shape index (κ3) is 5.92. The highest BCUT2D eigenvalue weighted by molar-refractivity contribution is 5.76. The molecule has 25 heavy (non-hydrogen) atoms.